The van der Waals surface area contributed by atoms with E-state index in [1.54, 1.807) is 6.07 Å². The summed E-state index contributed by atoms with van der Waals surface area (Å²) < 4.78 is 5.39. The van der Waals surface area contributed by atoms with Crippen molar-refractivity contribution in [1.82, 2.24) is 15.8 Å². The molecular formula is C21H27N3O3. The molecule has 6 heteroatoms. The van der Waals surface area contributed by atoms with Gasteiger partial charge in [-0.2, -0.15) is 0 Å². The quantitative estimate of drug-likeness (QED) is 0.785. The van der Waals surface area contributed by atoms with Gasteiger partial charge in [0, 0.05) is 18.2 Å². The molecule has 1 fully saturated rings. The topological polar surface area (TPSA) is 84.2 Å². The van der Waals surface area contributed by atoms with Crippen molar-refractivity contribution in [1.29, 1.82) is 0 Å². The van der Waals surface area contributed by atoms with Gasteiger partial charge in [-0.05, 0) is 50.2 Å². The first kappa shape index (κ1) is 19.1. The van der Waals surface area contributed by atoms with Crippen LogP contribution in [0.3, 0.4) is 0 Å². The summed E-state index contributed by atoms with van der Waals surface area (Å²) in [5, 5.41) is 9.62. The molecule has 27 heavy (non-hydrogen) atoms. The van der Waals surface area contributed by atoms with Gasteiger partial charge in [0.1, 0.15) is 6.04 Å². The minimum atomic E-state index is -0.600. The van der Waals surface area contributed by atoms with Crippen LogP contribution in [0.2, 0.25) is 0 Å². The predicted molar refractivity (Wildman–Crippen MR) is 103 cm³/mol. The average molecular weight is 369 g/mol. The van der Waals surface area contributed by atoms with Crippen molar-refractivity contribution in [3.05, 3.63) is 41.1 Å². The van der Waals surface area contributed by atoms with Crippen LogP contribution >= 0.6 is 0 Å². The Bertz CT molecular complexity index is 837. The summed E-state index contributed by atoms with van der Waals surface area (Å²) in [5.41, 5.74) is 3.23. The molecule has 1 aromatic heterocycles. The normalized spacial score (nSPS) is 14.9. The maximum absolute atomic E-state index is 12.6. The second-order valence-electron chi connectivity index (χ2n) is 7.78. The maximum Gasteiger partial charge on any atom is 0.274 e. The largest absolute Gasteiger partial charge is 0.355 e. The second-order valence-corrected chi connectivity index (χ2v) is 7.78. The zero-order valence-corrected chi connectivity index (χ0v) is 16.3. The lowest BCUT2D eigenvalue weighted by Gasteiger charge is -2.21. The number of hydrogen-bond donors (Lipinski definition) is 2. The lowest BCUT2D eigenvalue weighted by Crippen LogP contribution is -2.50. The molecule has 0 spiro atoms. The van der Waals surface area contributed by atoms with Crippen molar-refractivity contribution in [2.75, 3.05) is 6.54 Å². The number of carbonyl (C=O) groups excluding carboxylic acids is 2. The van der Waals surface area contributed by atoms with Gasteiger partial charge in [-0.25, -0.2) is 0 Å². The summed E-state index contributed by atoms with van der Waals surface area (Å²) in [5.74, 6) is 0.548. The van der Waals surface area contributed by atoms with Crippen molar-refractivity contribution in [3.8, 4) is 11.3 Å². The molecule has 1 aliphatic carbocycles. The molecule has 0 saturated heterocycles. The van der Waals surface area contributed by atoms with Gasteiger partial charge in [0.2, 0.25) is 5.91 Å². The number of benzene rings is 1. The lowest BCUT2D eigenvalue weighted by atomic mass is 10.0. The van der Waals surface area contributed by atoms with Gasteiger partial charge < -0.3 is 15.2 Å². The summed E-state index contributed by atoms with van der Waals surface area (Å²) >= 11 is 0. The van der Waals surface area contributed by atoms with E-state index in [0.717, 1.165) is 16.7 Å². The van der Waals surface area contributed by atoms with Gasteiger partial charge in [0.05, 0.1) is 0 Å². The molecule has 2 amide bonds. The number of amides is 2. The number of carbonyl (C=O) groups is 2. The van der Waals surface area contributed by atoms with E-state index in [4.69, 9.17) is 4.52 Å². The van der Waals surface area contributed by atoms with Crippen LogP contribution in [0.15, 0.2) is 28.8 Å². The Kier molecular flexibility index (Phi) is 5.63. The third-order valence-corrected chi connectivity index (χ3v) is 4.90. The molecule has 2 N–H and O–H groups in total. The number of aryl methyl sites for hydroxylation is 2. The molecule has 1 aromatic carbocycles. The smallest absolute Gasteiger partial charge is 0.274 e. The SMILES string of the molecule is Cc1ccc(C)c(-c2cc(C(=O)N[C@@H](C(=O)NCC3CC3)C(C)C)no2)c1. The van der Waals surface area contributed by atoms with E-state index >= 15 is 0 Å². The standard InChI is InChI=1S/C21H27N3O3/c1-12(2)19(21(26)22-11-15-7-8-15)23-20(25)17-10-18(27-24-17)16-9-13(3)5-6-14(16)4/h5-6,9-10,12,15,19H,7-8,11H2,1-4H3,(H,22,26)(H,23,25)/t19-/m1/s1. The molecule has 0 bridgehead atoms. The first-order chi connectivity index (χ1) is 12.8. The minimum absolute atomic E-state index is 0.0291. The fourth-order valence-corrected chi connectivity index (χ4v) is 2.94. The van der Waals surface area contributed by atoms with Gasteiger partial charge in [0.15, 0.2) is 11.5 Å². The molecule has 1 heterocycles. The van der Waals surface area contributed by atoms with Gasteiger partial charge in [0.25, 0.3) is 5.91 Å². The van der Waals surface area contributed by atoms with Gasteiger partial charge in [-0.3, -0.25) is 9.59 Å². The monoisotopic (exact) mass is 369 g/mol. The van der Waals surface area contributed by atoms with E-state index < -0.39 is 11.9 Å². The predicted octanol–water partition coefficient (Wildman–Crippen LogP) is 3.24. The molecule has 2 aromatic rings. The third kappa shape index (κ3) is 4.76. The van der Waals surface area contributed by atoms with E-state index in [9.17, 15) is 9.59 Å². The fourth-order valence-electron chi connectivity index (χ4n) is 2.94. The van der Waals surface area contributed by atoms with Gasteiger partial charge in [-0.1, -0.05) is 36.7 Å². The van der Waals surface area contributed by atoms with E-state index in [-0.39, 0.29) is 17.5 Å². The van der Waals surface area contributed by atoms with E-state index in [1.807, 2.05) is 45.9 Å². The first-order valence-corrected chi connectivity index (χ1v) is 9.48. The van der Waals surface area contributed by atoms with Crippen LogP contribution in [0.5, 0.6) is 0 Å². The Labute approximate surface area is 159 Å². The highest BCUT2D eigenvalue weighted by molar-refractivity contribution is 5.96. The second kappa shape index (κ2) is 7.94. The molecule has 0 unspecified atom stereocenters. The summed E-state index contributed by atoms with van der Waals surface area (Å²) in [6.07, 6.45) is 2.33. The van der Waals surface area contributed by atoms with Crippen molar-refractivity contribution >= 4 is 11.8 Å². The van der Waals surface area contributed by atoms with Crippen molar-refractivity contribution in [3.63, 3.8) is 0 Å². The molecule has 1 aliphatic rings. The van der Waals surface area contributed by atoms with Crippen LogP contribution in [-0.2, 0) is 4.79 Å². The Balaban J connectivity index is 1.70. The van der Waals surface area contributed by atoms with Crippen LogP contribution in [0.4, 0.5) is 0 Å². The Morgan fingerprint density at radius 2 is 1.96 bits per heavy atom. The maximum atomic E-state index is 12.6. The Hall–Kier alpha value is -2.63. The number of rotatable bonds is 7. The Morgan fingerprint density at radius 3 is 2.63 bits per heavy atom. The zero-order chi connectivity index (χ0) is 19.6. The first-order valence-electron chi connectivity index (χ1n) is 9.48. The van der Waals surface area contributed by atoms with E-state index in [0.29, 0.717) is 18.2 Å². The minimum Gasteiger partial charge on any atom is -0.355 e. The summed E-state index contributed by atoms with van der Waals surface area (Å²) in [6.45, 7) is 8.48. The third-order valence-electron chi connectivity index (χ3n) is 4.90. The molecule has 6 nitrogen and oxygen atoms in total. The fraction of sp³-hybridized carbons (Fsp3) is 0.476. The van der Waals surface area contributed by atoms with Crippen molar-refractivity contribution in [2.45, 2.75) is 46.6 Å². The zero-order valence-electron chi connectivity index (χ0n) is 16.3. The molecule has 1 atom stereocenters. The van der Waals surface area contributed by atoms with Crippen molar-refractivity contribution in [2.24, 2.45) is 11.8 Å². The van der Waals surface area contributed by atoms with Crippen LogP contribution in [-0.4, -0.2) is 29.6 Å². The van der Waals surface area contributed by atoms with E-state index in [2.05, 4.69) is 15.8 Å². The lowest BCUT2D eigenvalue weighted by molar-refractivity contribution is -0.124. The van der Waals surface area contributed by atoms with E-state index in [1.165, 1.54) is 12.8 Å². The van der Waals surface area contributed by atoms with Crippen LogP contribution in [0.1, 0.15) is 48.3 Å². The van der Waals surface area contributed by atoms with Crippen LogP contribution in [0, 0.1) is 25.7 Å². The Morgan fingerprint density at radius 1 is 1.22 bits per heavy atom. The molecule has 1 saturated carbocycles. The summed E-state index contributed by atoms with van der Waals surface area (Å²) in [6, 6.07) is 7.05. The van der Waals surface area contributed by atoms with Gasteiger partial charge >= 0.3 is 0 Å². The highest BCUT2D eigenvalue weighted by Crippen LogP contribution is 2.27. The molecule has 3 rings (SSSR count). The average Bonchev–Trinajstić information content (AvgIpc) is 3.33. The molecule has 0 aliphatic heterocycles. The summed E-state index contributed by atoms with van der Waals surface area (Å²) in [7, 11) is 0. The highest BCUT2D eigenvalue weighted by atomic mass is 16.5. The highest BCUT2D eigenvalue weighted by Gasteiger charge is 2.28. The number of hydrogen-bond acceptors (Lipinski definition) is 4. The summed E-state index contributed by atoms with van der Waals surface area (Å²) in [4.78, 5) is 25.0. The number of aromatic nitrogens is 1. The molecule has 0 radical (unpaired) electrons. The van der Waals surface area contributed by atoms with Crippen LogP contribution in [0.25, 0.3) is 11.3 Å². The van der Waals surface area contributed by atoms with Crippen LogP contribution < -0.4 is 10.6 Å². The molecular weight excluding hydrogens is 342 g/mol. The number of nitrogens with one attached hydrogen (secondary N) is 2. The molecule has 144 valence electrons. The van der Waals surface area contributed by atoms with Crippen molar-refractivity contribution < 1.29 is 14.1 Å². The number of nitrogens with zero attached hydrogens (tertiary/aromatic N) is 1. The van der Waals surface area contributed by atoms with Gasteiger partial charge in [-0.15, -0.1) is 0 Å².